The van der Waals surface area contributed by atoms with Crippen molar-refractivity contribution in [1.29, 1.82) is 0 Å². The molecule has 1 N–H and O–H groups in total. The largest absolute Gasteiger partial charge is 0.378 e. The van der Waals surface area contributed by atoms with Gasteiger partial charge in [-0.2, -0.15) is 0 Å². The van der Waals surface area contributed by atoms with Gasteiger partial charge in [-0.25, -0.2) is 0 Å². The van der Waals surface area contributed by atoms with Crippen molar-refractivity contribution in [2.45, 2.75) is 12.8 Å². The van der Waals surface area contributed by atoms with Gasteiger partial charge in [-0.15, -0.1) is 12.4 Å². The van der Waals surface area contributed by atoms with Gasteiger partial charge in [-0.1, -0.05) is 0 Å². The number of nitrogens with zero attached hydrogens (tertiary/aromatic N) is 2. The number of nitrogens with one attached hydrogen (secondary N) is 1. The molecule has 1 atom stereocenters. The number of amides is 1. The Morgan fingerprint density at radius 1 is 1.42 bits per heavy atom. The highest BCUT2D eigenvalue weighted by Gasteiger charge is 2.20. The molecule has 2 aliphatic heterocycles. The van der Waals surface area contributed by atoms with Gasteiger partial charge in [0.25, 0.3) is 0 Å². The SMILES string of the molecule is CN(CC(=O)N1CCOCC1)CC1CCCNC1.Cl. The molecule has 0 spiro atoms. The fraction of sp³-hybridized carbons (Fsp3) is 0.923. The molecular formula is C13H26ClN3O2. The first-order valence-electron chi connectivity index (χ1n) is 7.00. The van der Waals surface area contributed by atoms with Crippen LogP contribution in [0.4, 0.5) is 0 Å². The Bertz CT molecular complexity index is 267. The van der Waals surface area contributed by atoms with E-state index in [0.717, 1.165) is 32.7 Å². The summed E-state index contributed by atoms with van der Waals surface area (Å²) in [5.41, 5.74) is 0. The van der Waals surface area contributed by atoms with E-state index in [1.807, 2.05) is 11.9 Å². The molecule has 2 saturated heterocycles. The molecule has 1 unspecified atom stereocenters. The van der Waals surface area contributed by atoms with Crippen molar-refractivity contribution < 1.29 is 9.53 Å². The molecule has 2 rings (SSSR count). The molecule has 0 aromatic carbocycles. The minimum absolute atomic E-state index is 0. The van der Waals surface area contributed by atoms with Crippen LogP contribution >= 0.6 is 12.4 Å². The van der Waals surface area contributed by atoms with Gasteiger partial charge >= 0.3 is 0 Å². The smallest absolute Gasteiger partial charge is 0.236 e. The van der Waals surface area contributed by atoms with Crippen molar-refractivity contribution in [3.05, 3.63) is 0 Å². The Labute approximate surface area is 122 Å². The van der Waals surface area contributed by atoms with Gasteiger partial charge in [-0.05, 0) is 38.9 Å². The van der Waals surface area contributed by atoms with E-state index in [2.05, 4.69) is 10.2 Å². The van der Waals surface area contributed by atoms with Crippen molar-refractivity contribution in [2.75, 3.05) is 59.5 Å². The molecule has 0 aromatic rings. The molecule has 0 aliphatic carbocycles. The number of carbonyl (C=O) groups excluding carboxylic acids is 1. The maximum atomic E-state index is 12.1. The van der Waals surface area contributed by atoms with Crippen LogP contribution in [0.1, 0.15) is 12.8 Å². The van der Waals surface area contributed by atoms with Crippen LogP contribution in [-0.2, 0) is 9.53 Å². The molecule has 0 aromatic heterocycles. The summed E-state index contributed by atoms with van der Waals surface area (Å²) in [7, 11) is 2.05. The van der Waals surface area contributed by atoms with Gasteiger partial charge in [-0.3, -0.25) is 9.69 Å². The van der Waals surface area contributed by atoms with Gasteiger partial charge in [0.05, 0.1) is 19.8 Å². The third-order valence-electron chi connectivity index (χ3n) is 3.74. The van der Waals surface area contributed by atoms with Gasteiger partial charge in [0.2, 0.25) is 5.91 Å². The second-order valence-corrected chi connectivity index (χ2v) is 5.40. The molecule has 0 bridgehead atoms. The topological polar surface area (TPSA) is 44.8 Å². The molecule has 2 fully saturated rings. The highest BCUT2D eigenvalue weighted by atomic mass is 35.5. The van der Waals surface area contributed by atoms with Crippen molar-refractivity contribution >= 4 is 18.3 Å². The molecule has 19 heavy (non-hydrogen) atoms. The predicted molar refractivity (Wildman–Crippen MR) is 77.7 cm³/mol. The highest BCUT2D eigenvalue weighted by Crippen LogP contribution is 2.11. The molecule has 112 valence electrons. The van der Waals surface area contributed by atoms with E-state index in [4.69, 9.17) is 4.74 Å². The van der Waals surface area contributed by atoms with Crippen LogP contribution in [0, 0.1) is 5.92 Å². The average molecular weight is 292 g/mol. The summed E-state index contributed by atoms with van der Waals surface area (Å²) in [5.74, 6) is 0.936. The van der Waals surface area contributed by atoms with E-state index >= 15 is 0 Å². The molecule has 2 aliphatic rings. The lowest BCUT2D eigenvalue weighted by molar-refractivity contribution is -0.136. The van der Waals surface area contributed by atoms with Crippen LogP contribution in [0.3, 0.4) is 0 Å². The Balaban J connectivity index is 0.00000180. The average Bonchev–Trinajstić information content (AvgIpc) is 2.40. The fourth-order valence-electron chi connectivity index (χ4n) is 2.73. The van der Waals surface area contributed by atoms with E-state index in [1.165, 1.54) is 12.8 Å². The first-order valence-corrected chi connectivity index (χ1v) is 7.00. The normalized spacial score (nSPS) is 24.1. The molecule has 6 heteroatoms. The van der Waals surface area contributed by atoms with Crippen molar-refractivity contribution in [3.63, 3.8) is 0 Å². The first-order chi connectivity index (χ1) is 8.75. The minimum Gasteiger partial charge on any atom is -0.378 e. The first kappa shape index (κ1) is 16.7. The summed E-state index contributed by atoms with van der Waals surface area (Å²) in [5, 5.41) is 3.42. The zero-order valence-electron chi connectivity index (χ0n) is 11.8. The summed E-state index contributed by atoms with van der Waals surface area (Å²) in [6.07, 6.45) is 2.54. The number of halogens is 1. The van der Waals surface area contributed by atoms with E-state index in [1.54, 1.807) is 0 Å². The zero-order chi connectivity index (χ0) is 12.8. The minimum atomic E-state index is 0. The molecule has 5 nitrogen and oxygen atoms in total. The van der Waals surface area contributed by atoms with Crippen molar-refractivity contribution in [2.24, 2.45) is 5.92 Å². The molecule has 0 saturated carbocycles. The third-order valence-corrected chi connectivity index (χ3v) is 3.74. The number of rotatable bonds is 4. The summed E-state index contributed by atoms with van der Waals surface area (Å²) >= 11 is 0. The molecule has 2 heterocycles. The molecule has 0 radical (unpaired) electrons. The number of hydrogen-bond donors (Lipinski definition) is 1. The third kappa shape index (κ3) is 5.65. The number of hydrogen-bond acceptors (Lipinski definition) is 4. The lowest BCUT2D eigenvalue weighted by atomic mass is 9.99. The van der Waals surface area contributed by atoms with Crippen LogP contribution in [-0.4, -0.2) is 75.2 Å². The van der Waals surface area contributed by atoms with Crippen LogP contribution in [0.25, 0.3) is 0 Å². The molecular weight excluding hydrogens is 266 g/mol. The van der Waals surface area contributed by atoms with Gasteiger partial charge in [0, 0.05) is 19.6 Å². The van der Waals surface area contributed by atoms with Crippen molar-refractivity contribution in [1.82, 2.24) is 15.1 Å². The Morgan fingerprint density at radius 2 is 2.16 bits per heavy atom. The number of ether oxygens (including phenoxy) is 1. The quantitative estimate of drug-likeness (QED) is 0.804. The van der Waals surface area contributed by atoms with Gasteiger partial charge < -0.3 is 15.0 Å². The number of likely N-dealkylation sites (N-methyl/N-ethyl adjacent to an activating group) is 1. The maximum absolute atomic E-state index is 12.1. The number of carbonyl (C=O) groups is 1. The second-order valence-electron chi connectivity index (χ2n) is 5.40. The van der Waals surface area contributed by atoms with E-state index in [9.17, 15) is 4.79 Å². The predicted octanol–water partition coefficient (Wildman–Crippen LogP) is 0.198. The fourth-order valence-corrected chi connectivity index (χ4v) is 2.73. The van der Waals surface area contributed by atoms with Gasteiger partial charge in [0.1, 0.15) is 0 Å². The van der Waals surface area contributed by atoms with Crippen LogP contribution in [0.15, 0.2) is 0 Å². The van der Waals surface area contributed by atoms with Crippen molar-refractivity contribution in [3.8, 4) is 0 Å². The standard InChI is InChI=1S/C13H25N3O2.ClH/c1-15(10-12-3-2-4-14-9-12)11-13(17)16-5-7-18-8-6-16;/h12,14H,2-11H2,1H3;1H. The molecule has 1 amide bonds. The summed E-state index contributed by atoms with van der Waals surface area (Å²) in [4.78, 5) is 16.1. The summed E-state index contributed by atoms with van der Waals surface area (Å²) in [6, 6.07) is 0. The Kier molecular flexibility index (Phi) is 7.68. The monoisotopic (exact) mass is 291 g/mol. The van der Waals surface area contributed by atoms with E-state index in [0.29, 0.717) is 25.7 Å². The Hall–Kier alpha value is -0.360. The Morgan fingerprint density at radius 3 is 2.79 bits per heavy atom. The lowest BCUT2D eigenvalue weighted by Crippen LogP contribution is -2.46. The lowest BCUT2D eigenvalue weighted by Gasteiger charge is -2.31. The van der Waals surface area contributed by atoms with E-state index < -0.39 is 0 Å². The number of morpholine rings is 1. The highest BCUT2D eigenvalue weighted by molar-refractivity contribution is 5.85. The second kappa shape index (κ2) is 8.74. The van der Waals surface area contributed by atoms with Crippen LogP contribution < -0.4 is 5.32 Å². The van der Waals surface area contributed by atoms with Gasteiger partial charge in [0.15, 0.2) is 0 Å². The van der Waals surface area contributed by atoms with Crippen LogP contribution in [0.2, 0.25) is 0 Å². The summed E-state index contributed by atoms with van der Waals surface area (Å²) < 4.78 is 5.26. The van der Waals surface area contributed by atoms with E-state index in [-0.39, 0.29) is 18.3 Å². The van der Waals surface area contributed by atoms with Crippen LogP contribution in [0.5, 0.6) is 0 Å². The zero-order valence-corrected chi connectivity index (χ0v) is 12.6. The number of piperidine rings is 1. The maximum Gasteiger partial charge on any atom is 0.236 e. The summed E-state index contributed by atoms with van der Waals surface area (Å²) in [6.45, 7) is 6.65.